The third kappa shape index (κ3) is 5.72. The van der Waals surface area contributed by atoms with Crippen LogP contribution < -0.4 is 0 Å². The Kier molecular flexibility index (Phi) is 6.68. The molecule has 158 valence electrons. The number of piperidine rings is 2. The van der Waals surface area contributed by atoms with Gasteiger partial charge in [-0.2, -0.15) is 0 Å². The molecule has 27 heavy (non-hydrogen) atoms. The molecule has 3 fully saturated rings. The van der Waals surface area contributed by atoms with E-state index in [1.165, 1.54) is 71.2 Å². The molecule has 0 radical (unpaired) electrons. The third-order valence-corrected chi connectivity index (χ3v) is 8.21. The molecular weight excluding hydrogens is 328 g/mol. The van der Waals surface area contributed by atoms with E-state index < -0.39 is 0 Å². The molecule has 2 aliphatic heterocycles. The second-order valence-electron chi connectivity index (χ2n) is 12.4. The van der Waals surface area contributed by atoms with Crippen LogP contribution in [0.15, 0.2) is 0 Å². The van der Waals surface area contributed by atoms with Crippen LogP contribution in [0.4, 0.5) is 0 Å². The van der Waals surface area contributed by atoms with Gasteiger partial charge in [-0.05, 0) is 99.2 Å². The molecular formula is C25H48N2. The Balaban J connectivity index is 1.41. The average molecular weight is 377 g/mol. The van der Waals surface area contributed by atoms with E-state index in [1.807, 2.05) is 0 Å². The summed E-state index contributed by atoms with van der Waals surface area (Å²) in [5, 5.41) is 0. The highest BCUT2D eigenvalue weighted by atomic mass is 15.2. The van der Waals surface area contributed by atoms with E-state index in [-0.39, 0.29) is 0 Å². The molecule has 2 atom stereocenters. The average Bonchev–Trinajstić information content (AvgIpc) is 3.32. The molecule has 0 spiro atoms. The molecule has 0 bridgehead atoms. The van der Waals surface area contributed by atoms with Crippen molar-refractivity contribution in [3.8, 4) is 0 Å². The highest BCUT2D eigenvalue weighted by Gasteiger charge is 2.47. The molecule has 2 saturated heterocycles. The van der Waals surface area contributed by atoms with Gasteiger partial charge in [0.15, 0.2) is 0 Å². The first-order chi connectivity index (χ1) is 12.6. The Morgan fingerprint density at radius 2 is 1.37 bits per heavy atom. The fourth-order valence-corrected chi connectivity index (χ4v) is 6.25. The minimum atomic E-state index is 0.501. The maximum atomic E-state index is 2.86. The summed E-state index contributed by atoms with van der Waals surface area (Å²) in [5.74, 6) is 3.66. The molecule has 3 aliphatic rings. The van der Waals surface area contributed by atoms with Gasteiger partial charge in [0.05, 0.1) is 0 Å². The van der Waals surface area contributed by atoms with Crippen LogP contribution >= 0.6 is 0 Å². The van der Waals surface area contributed by atoms with Crippen molar-refractivity contribution in [2.75, 3.05) is 32.7 Å². The van der Waals surface area contributed by atoms with Gasteiger partial charge < -0.3 is 9.80 Å². The van der Waals surface area contributed by atoms with Crippen LogP contribution in [0.1, 0.15) is 87.0 Å². The Morgan fingerprint density at radius 1 is 0.815 bits per heavy atom. The summed E-state index contributed by atoms with van der Waals surface area (Å²) in [6, 6.07) is 0.922. The summed E-state index contributed by atoms with van der Waals surface area (Å²) >= 11 is 0. The van der Waals surface area contributed by atoms with Crippen LogP contribution in [0.3, 0.4) is 0 Å². The molecule has 2 unspecified atom stereocenters. The molecule has 2 heteroatoms. The van der Waals surface area contributed by atoms with Crippen LogP contribution in [0.25, 0.3) is 0 Å². The van der Waals surface area contributed by atoms with Crippen LogP contribution in [0.2, 0.25) is 0 Å². The zero-order valence-electron chi connectivity index (χ0n) is 19.6. The van der Waals surface area contributed by atoms with Gasteiger partial charge in [0.1, 0.15) is 0 Å². The summed E-state index contributed by atoms with van der Waals surface area (Å²) in [7, 11) is 0. The fourth-order valence-electron chi connectivity index (χ4n) is 6.25. The lowest BCUT2D eigenvalue weighted by Crippen LogP contribution is -2.41. The highest BCUT2D eigenvalue weighted by molar-refractivity contribution is 5.00. The van der Waals surface area contributed by atoms with Gasteiger partial charge in [-0.25, -0.2) is 0 Å². The van der Waals surface area contributed by atoms with Gasteiger partial charge in [-0.3, -0.25) is 0 Å². The number of rotatable bonds is 6. The van der Waals surface area contributed by atoms with Crippen molar-refractivity contribution in [1.82, 2.24) is 9.80 Å². The van der Waals surface area contributed by atoms with Gasteiger partial charge in [0.2, 0.25) is 0 Å². The highest BCUT2D eigenvalue weighted by Crippen LogP contribution is 2.49. The Morgan fingerprint density at radius 3 is 1.89 bits per heavy atom. The predicted octanol–water partition coefficient (Wildman–Crippen LogP) is 5.92. The first kappa shape index (κ1) is 21.6. The SMILES string of the molecule is CC(C)CN1CCC(C(C)(C)CC2CC2N2CCC(C(C)(C)C)CC2)CC1. The van der Waals surface area contributed by atoms with Crippen molar-refractivity contribution in [3.05, 3.63) is 0 Å². The number of likely N-dealkylation sites (tertiary alicyclic amines) is 2. The number of hydrogen-bond donors (Lipinski definition) is 0. The van der Waals surface area contributed by atoms with Crippen molar-refractivity contribution in [1.29, 1.82) is 0 Å². The van der Waals surface area contributed by atoms with E-state index in [9.17, 15) is 0 Å². The van der Waals surface area contributed by atoms with E-state index in [2.05, 4.69) is 58.3 Å². The van der Waals surface area contributed by atoms with E-state index >= 15 is 0 Å². The van der Waals surface area contributed by atoms with Crippen molar-refractivity contribution >= 4 is 0 Å². The van der Waals surface area contributed by atoms with Gasteiger partial charge >= 0.3 is 0 Å². The summed E-state index contributed by atoms with van der Waals surface area (Å²) in [5.41, 5.74) is 1.04. The third-order valence-electron chi connectivity index (χ3n) is 8.21. The summed E-state index contributed by atoms with van der Waals surface area (Å²) in [6.45, 7) is 23.8. The lowest BCUT2D eigenvalue weighted by atomic mass is 9.70. The van der Waals surface area contributed by atoms with Crippen molar-refractivity contribution < 1.29 is 0 Å². The van der Waals surface area contributed by atoms with Gasteiger partial charge in [-0.15, -0.1) is 0 Å². The maximum absolute atomic E-state index is 2.86. The molecule has 0 aromatic rings. The van der Waals surface area contributed by atoms with E-state index in [1.54, 1.807) is 0 Å². The normalized spacial score (nSPS) is 30.2. The molecule has 1 aliphatic carbocycles. The van der Waals surface area contributed by atoms with E-state index in [4.69, 9.17) is 0 Å². The molecule has 0 amide bonds. The second-order valence-corrected chi connectivity index (χ2v) is 12.4. The Labute approximate surface area is 170 Å². The predicted molar refractivity (Wildman–Crippen MR) is 118 cm³/mol. The molecule has 0 aromatic heterocycles. The van der Waals surface area contributed by atoms with Gasteiger partial charge in [-0.1, -0.05) is 48.5 Å². The van der Waals surface area contributed by atoms with Gasteiger partial charge in [0, 0.05) is 12.6 Å². The topological polar surface area (TPSA) is 6.48 Å². The molecule has 1 saturated carbocycles. The largest absolute Gasteiger partial charge is 0.303 e. The van der Waals surface area contributed by atoms with E-state index in [0.717, 1.165) is 29.7 Å². The van der Waals surface area contributed by atoms with Crippen LogP contribution in [0, 0.1) is 34.5 Å². The second kappa shape index (κ2) is 8.34. The first-order valence-corrected chi connectivity index (χ1v) is 12.0. The number of hydrogen-bond acceptors (Lipinski definition) is 2. The Hall–Kier alpha value is -0.0800. The minimum Gasteiger partial charge on any atom is -0.303 e. The maximum Gasteiger partial charge on any atom is 0.0127 e. The standard InChI is InChI=1S/C25H48N2/c1-19(2)18-26-12-8-22(9-13-26)25(6,7)17-20-16-23(20)27-14-10-21(11-15-27)24(3,4)5/h19-23H,8-18H2,1-7H3. The van der Waals surface area contributed by atoms with E-state index in [0.29, 0.717) is 10.8 Å². The zero-order chi connectivity index (χ0) is 19.8. The first-order valence-electron chi connectivity index (χ1n) is 12.0. The van der Waals surface area contributed by atoms with Crippen LogP contribution in [-0.2, 0) is 0 Å². The fraction of sp³-hybridized carbons (Fsp3) is 1.00. The smallest absolute Gasteiger partial charge is 0.0127 e. The quantitative estimate of drug-likeness (QED) is 0.568. The van der Waals surface area contributed by atoms with Crippen molar-refractivity contribution in [2.24, 2.45) is 34.5 Å². The van der Waals surface area contributed by atoms with Gasteiger partial charge in [0.25, 0.3) is 0 Å². The monoisotopic (exact) mass is 376 g/mol. The summed E-state index contributed by atoms with van der Waals surface area (Å²) < 4.78 is 0. The molecule has 2 nitrogen and oxygen atoms in total. The molecule has 2 heterocycles. The molecule has 3 rings (SSSR count). The lowest BCUT2D eigenvalue weighted by molar-refractivity contribution is 0.0749. The van der Waals surface area contributed by atoms with Crippen LogP contribution in [0.5, 0.6) is 0 Å². The molecule has 0 N–H and O–H groups in total. The summed E-state index contributed by atoms with van der Waals surface area (Å²) in [6.07, 6.45) is 8.64. The summed E-state index contributed by atoms with van der Waals surface area (Å²) in [4.78, 5) is 5.56. The number of nitrogens with zero attached hydrogens (tertiary/aromatic N) is 2. The lowest BCUT2D eigenvalue weighted by Gasteiger charge is -2.42. The van der Waals surface area contributed by atoms with Crippen molar-refractivity contribution in [3.63, 3.8) is 0 Å². The van der Waals surface area contributed by atoms with Crippen molar-refractivity contribution in [2.45, 2.75) is 93.0 Å². The minimum absolute atomic E-state index is 0.501. The molecule has 0 aromatic carbocycles. The zero-order valence-corrected chi connectivity index (χ0v) is 19.6. The Bertz CT molecular complexity index is 459. The van der Waals surface area contributed by atoms with Crippen LogP contribution in [-0.4, -0.2) is 48.6 Å².